The Balaban J connectivity index is 1.85. The highest BCUT2D eigenvalue weighted by molar-refractivity contribution is 7.88. The Morgan fingerprint density at radius 3 is 2.43 bits per heavy atom. The molecule has 2 amide bonds. The first-order chi connectivity index (χ1) is 9.77. The van der Waals surface area contributed by atoms with Gasteiger partial charge in [0.25, 0.3) is 0 Å². The molecule has 1 saturated heterocycles. The zero-order chi connectivity index (χ0) is 15.6. The normalized spacial score (nSPS) is 17.7. The molecule has 0 saturated carbocycles. The van der Waals surface area contributed by atoms with Crippen LogP contribution in [0.15, 0.2) is 0 Å². The number of nitrogens with zero attached hydrogens (tertiary/aromatic N) is 2. The van der Waals surface area contributed by atoms with E-state index in [1.165, 1.54) is 10.6 Å². The largest absolute Gasteiger partial charge is 0.335 e. The van der Waals surface area contributed by atoms with E-state index in [0.29, 0.717) is 31.6 Å². The molecule has 3 N–H and O–H groups in total. The van der Waals surface area contributed by atoms with Crippen LogP contribution in [-0.4, -0.2) is 54.3 Å². The minimum atomic E-state index is -3.14. The molecule has 1 aromatic heterocycles. The summed E-state index contributed by atoms with van der Waals surface area (Å²) in [5, 5.41) is 12.5. The number of H-pyrrole nitrogens is 1. The first-order valence-electron chi connectivity index (χ1n) is 6.81. The fourth-order valence-corrected chi connectivity index (χ4v) is 3.28. The standard InChI is InChI=1S/C12H21N5O3S/c1-8-11(9(2)16-15-8)14-12(18)13-10-4-6-17(7-5-10)21(3,19)20/h10H,4-7H2,1-3H3,(H,15,16)(H2,13,14,18). The van der Waals surface area contributed by atoms with E-state index in [1.54, 1.807) is 0 Å². The lowest BCUT2D eigenvalue weighted by Gasteiger charge is -2.30. The number of aryl methyl sites for hydroxylation is 2. The molecule has 2 heterocycles. The minimum Gasteiger partial charge on any atom is -0.335 e. The Bertz CT molecular complexity index is 597. The second-order valence-electron chi connectivity index (χ2n) is 5.34. The average Bonchev–Trinajstić information content (AvgIpc) is 2.70. The van der Waals surface area contributed by atoms with Crippen molar-refractivity contribution in [3.63, 3.8) is 0 Å². The molecule has 0 spiro atoms. The molecule has 118 valence electrons. The minimum absolute atomic E-state index is 0.0180. The number of aromatic amines is 1. The van der Waals surface area contributed by atoms with Crippen LogP contribution >= 0.6 is 0 Å². The number of rotatable bonds is 3. The van der Waals surface area contributed by atoms with Crippen molar-refractivity contribution in [1.82, 2.24) is 19.8 Å². The van der Waals surface area contributed by atoms with E-state index < -0.39 is 10.0 Å². The van der Waals surface area contributed by atoms with Crippen molar-refractivity contribution in [1.29, 1.82) is 0 Å². The molecule has 0 atom stereocenters. The molecule has 21 heavy (non-hydrogen) atoms. The summed E-state index contributed by atoms with van der Waals surface area (Å²) >= 11 is 0. The Morgan fingerprint density at radius 1 is 1.33 bits per heavy atom. The zero-order valence-corrected chi connectivity index (χ0v) is 13.2. The third-order valence-electron chi connectivity index (χ3n) is 3.62. The molecule has 0 bridgehead atoms. The van der Waals surface area contributed by atoms with Gasteiger partial charge in [-0.15, -0.1) is 0 Å². The lowest BCUT2D eigenvalue weighted by atomic mass is 10.1. The molecule has 1 aromatic rings. The van der Waals surface area contributed by atoms with Gasteiger partial charge in [-0.1, -0.05) is 0 Å². The summed E-state index contributed by atoms with van der Waals surface area (Å²) in [7, 11) is -3.14. The van der Waals surface area contributed by atoms with Crippen LogP contribution < -0.4 is 10.6 Å². The Morgan fingerprint density at radius 2 is 1.95 bits per heavy atom. The van der Waals surface area contributed by atoms with Gasteiger partial charge in [-0.3, -0.25) is 5.10 Å². The summed E-state index contributed by atoms with van der Waals surface area (Å²) in [5.41, 5.74) is 2.21. The molecule has 1 fully saturated rings. The number of hydrogen-bond acceptors (Lipinski definition) is 4. The van der Waals surface area contributed by atoms with Gasteiger partial charge in [-0.05, 0) is 26.7 Å². The second-order valence-corrected chi connectivity index (χ2v) is 7.33. The maximum atomic E-state index is 12.0. The number of aromatic nitrogens is 2. The van der Waals surface area contributed by atoms with Gasteiger partial charge in [0.15, 0.2) is 0 Å². The predicted octanol–water partition coefficient (Wildman–Crippen LogP) is 0.572. The summed E-state index contributed by atoms with van der Waals surface area (Å²) in [6, 6.07) is -0.309. The van der Waals surface area contributed by atoms with E-state index in [-0.39, 0.29) is 12.1 Å². The summed E-state index contributed by atoms with van der Waals surface area (Å²) in [4.78, 5) is 12.0. The molecule has 8 nitrogen and oxygen atoms in total. The molecule has 0 aliphatic carbocycles. The van der Waals surface area contributed by atoms with E-state index >= 15 is 0 Å². The number of nitrogens with one attached hydrogen (secondary N) is 3. The summed E-state index contributed by atoms with van der Waals surface area (Å²) < 4.78 is 24.3. The van der Waals surface area contributed by atoms with E-state index in [4.69, 9.17) is 0 Å². The van der Waals surface area contributed by atoms with Gasteiger partial charge in [0.05, 0.1) is 23.3 Å². The summed E-state index contributed by atoms with van der Waals surface area (Å²) in [6.45, 7) is 4.52. The monoisotopic (exact) mass is 315 g/mol. The van der Waals surface area contributed by atoms with Crippen LogP contribution in [0.2, 0.25) is 0 Å². The molecule has 1 aliphatic rings. The molecule has 9 heteroatoms. The van der Waals surface area contributed by atoms with Crippen LogP contribution in [-0.2, 0) is 10.0 Å². The van der Waals surface area contributed by atoms with Gasteiger partial charge in [-0.2, -0.15) is 5.10 Å². The van der Waals surface area contributed by atoms with Crippen LogP contribution in [0.1, 0.15) is 24.2 Å². The summed E-state index contributed by atoms with van der Waals surface area (Å²) in [6.07, 6.45) is 2.44. The highest BCUT2D eigenvalue weighted by atomic mass is 32.2. The van der Waals surface area contributed by atoms with Gasteiger partial charge >= 0.3 is 6.03 Å². The van der Waals surface area contributed by atoms with E-state index in [2.05, 4.69) is 20.8 Å². The van der Waals surface area contributed by atoms with Crippen molar-refractivity contribution in [3.8, 4) is 0 Å². The van der Waals surface area contributed by atoms with Crippen molar-refractivity contribution in [2.45, 2.75) is 32.7 Å². The quantitative estimate of drug-likeness (QED) is 0.758. The number of piperidine rings is 1. The van der Waals surface area contributed by atoms with E-state index in [1.807, 2.05) is 13.8 Å². The highest BCUT2D eigenvalue weighted by Gasteiger charge is 2.25. The van der Waals surface area contributed by atoms with Crippen LogP contribution in [0.3, 0.4) is 0 Å². The average molecular weight is 315 g/mol. The maximum Gasteiger partial charge on any atom is 0.319 e. The Labute approximate surface area is 124 Å². The van der Waals surface area contributed by atoms with E-state index in [9.17, 15) is 13.2 Å². The Kier molecular flexibility index (Phi) is 4.52. The number of sulfonamides is 1. The molecule has 0 radical (unpaired) electrons. The third-order valence-corrected chi connectivity index (χ3v) is 4.93. The summed E-state index contributed by atoms with van der Waals surface area (Å²) in [5.74, 6) is 0. The highest BCUT2D eigenvalue weighted by Crippen LogP contribution is 2.17. The van der Waals surface area contributed by atoms with Crippen molar-refractivity contribution in [2.24, 2.45) is 0 Å². The SMILES string of the molecule is Cc1n[nH]c(C)c1NC(=O)NC1CCN(S(C)(=O)=O)CC1. The topological polar surface area (TPSA) is 107 Å². The first-order valence-corrected chi connectivity index (χ1v) is 8.66. The van der Waals surface area contributed by atoms with Gasteiger partial charge in [0.2, 0.25) is 10.0 Å². The Hall–Kier alpha value is -1.61. The zero-order valence-electron chi connectivity index (χ0n) is 12.4. The lowest BCUT2D eigenvalue weighted by molar-refractivity contribution is 0.238. The van der Waals surface area contributed by atoms with Crippen LogP contribution in [0.5, 0.6) is 0 Å². The van der Waals surface area contributed by atoms with Crippen molar-refractivity contribution < 1.29 is 13.2 Å². The smallest absolute Gasteiger partial charge is 0.319 e. The second kappa shape index (κ2) is 6.02. The van der Waals surface area contributed by atoms with Gasteiger partial charge in [0.1, 0.15) is 0 Å². The number of carbonyl (C=O) groups is 1. The van der Waals surface area contributed by atoms with Crippen LogP contribution in [0.4, 0.5) is 10.5 Å². The number of hydrogen-bond donors (Lipinski definition) is 3. The molecular weight excluding hydrogens is 294 g/mol. The van der Waals surface area contributed by atoms with Gasteiger partial charge < -0.3 is 10.6 Å². The molecule has 2 rings (SSSR count). The van der Waals surface area contributed by atoms with E-state index in [0.717, 1.165) is 11.4 Å². The fourth-order valence-electron chi connectivity index (χ4n) is 2.40. The van der Waals surface area contributed by atoms with Gasteiger partial charge in [-0.25, -0.2) is 17.5 Å². The maximum absolute atomic E-state index is 12.0. The lowest BCUT2D eigenvalue weighted by Crippen LogP contribution is -2.47. The van der Waals surface area contributed by atoms with Gasteiger partial charge in [0, 0.05) is 19.1 Å². The van der Waals surface area contributed by atoms with Crippen molar-refractivity contribution in [3.05, 3.63) is 11.4 Å². The van der Waals surface area contributed by atoms with Crippen molar-refractivity contribution >= 4 is 21.7 Å². The molecule has 0 aromatic carbocycles. The first kappa shape index (κ1) is 15.8. The number of amides is 2. The molecule has 1 aliphatic heterocycles. The van der Waals surface area contributed by atoms with Crippen molar-refractivity contribution in [2.75, 3.05) is 24.7 Å². The number of anilines is 1. The predicted molar refractivity (Wildman–Crippen MR) is 79.7 cm³/mol. The third kappa shape index (κ3) is 3.94. The fraction of sp³-hybridized carbons (Fsp3) is 0.667. The van der Waals surface area contributed by atoms with Crippen LogP contribution in [0, 0.1) is 13.8 Å². The van der Waals surface area contributed by atoms with Crippen LogP contribution in [0.25, 0.3) is 0 Å². The molecular formula is C12H21N5O3S. The molecule has 0 unspecified atom stereocenters. The number of urea groups is 1. The number of carbonyl (C=O) groups excluding carboxylic acids is 1.